The predicted molar refractivity (Wildman–Crippen MR) is 54.4 cm³/mol. The Labute approximate surface area is 89.5 Å². The molecule has 0 aromatic heterocycles. The number of phenols is 1. The third-order valence-corrected chi connectivity index (χ3v) is 2.63. The molecule has 1 atom stereocenters. The van der Waals surface area contributed by atoms with Crippen LogP contribution in [0, 0.1) is 5.82 Å². The molecule has 0 radical (unpaired) electrons. The van der Waals surface area contributed by atoms with Crippen molar-refractivity contribution in [3.63, 3.8) is 0 Å². The van der Waals surface area contributed by atoms with E-state index in [2.05, 4.69) is 15.9 Å². The minimum Gasteiger partial charge on any atom is -0.505 e. The Kier molecular flexibility index (Phi) is 3.14. The van der Waals surface area contributed by atoms with Gasteiger partial charge in [-0.1, -0.05) is 6.07 Å². The highest BCUT2D eigenvalue weighted by Crippen LogP contribution is 2.33. The van der Waals surface area contributed by atoms with Crippen LogP contribution in [0.25, 0.3) is 0 Å². The molecule has 5 heteroatoms. The van der Waals surface area contributed by atoms with Crippen LogP contribution in [0.5, 0.6) is 5.75 Å². The molecule has 14 heavy (non-hydrogen) atoms. The summed E-state index contributed by atoms with van der Waals surface area (Å²) >= 11 is 2.93. The van der Waals surface area contributed by atoms with E-state index in [0.717, 1.165) is 0 Å². The normalized spacial score (nSPS) is 15.2. The van der Waals surface area contributed by atoms with Gasteiger partial charge in [0.1, 0.15) is 0 Å². The maximum Gasteiger partial charge on any atom is 0.179 e. The number of nitrogens with two attached hydrogens (primary N) is 1. The van der Waals surface area contributed by atoms with E-state index < -0.39 is 17.1 Å². The number of aliphatic hydroxyl groups excluding tert-OH is 1. The van der Waals surface area contributed by atoms with Gasteiger partial charge in [0.2, 0.25) is 0 Å². The molecule has 1 aromatic carbocycles. The van der Waals surface area contributed by atoms with Gasteiger partial charge in [-0.2, -0.15) is 0 Å². The van der Waals surface area contributed by atoms with Crippen molar-refractivity contribution in [2.24, 2.45) is 5.73 Å². The minimum absolute atomic E-state index is 0.160. The van der Waals surface area contributed by atoms with Gasteiger partial charge in [0, 0.05) is 5.56 Å². The molecule has 0 fully saturated rings. The summed E-state index contributed by atoms with van der Waals surface area (Å²) in [6.45, 7) is 1.14. The third kappa shape index (κ3) is 1.89. The SMILES string of the molecule is C[C@@](N)(CO)c1ccc(Br)c(F)c1O. The minimum atomic E-state index is -1.15. The number of hydrogen-bond acceptors (Lipinski definition) is 3. The summed E-state index contributed by atoms with van der Waals surface area (Å²) in [5.74, 6) is -1.30. The van der Waals surface area contributed by atoms with Gasteiger partial charge in [0.15, 0.2) is 11.6 Å². The summed E-state index contributed by atoms with van der Waals surface area (Å²) in [4.78, 5) is 0. The topological polar surface area (TPSA) is 66.5 Å². The lowest BCUT2D eigenvalue weighted by Gasteiger charge is -2.23. The van der Waals surface area contributed by atoms with Crippen LogP contribution >= 0.6 is 15.9 Å². The molecule has 0 heterocycles. The average molecular weight is 264 g/mol. The molecule has 0 aliphatic carbocycles. The fourth-order valence-corrected chi connectivity index (χ4v) is 1.41. The number of aromatic hydroxyl groups is 1. The van der Waals surface area contributed by atoms with E-state index in [9.17, 15) is 9.50 Å². The molecule has 0 aliphatic heterocycles. The van der Waals surface area contributed by atoms with E-state index in [-0.39, 0.29) is 16.6 Å². The Morgan fingerprint density at radius 3 is 2.64 bits per heavy atom. The largest absolute Gasteiger partial charge is 0.505 e. The van der Waals surface area contributed by atoms with Crippen molar-refractivity contribution in [1.82, 2.24) is 0 Å². The molecule has 0 unspecified atom stereocenters. The van der Waals surface area contributed by atoms with Gasteiger partial charge in [-0.15, -0.1) is 0 Å². The molecule has 0 bridgehead atoms. The monoisotopic (exact) mass is 263 g/mol. The Hall–Kier alpha value is -0.650. The lowest BCUT2D eigenvalue weighted by Crippen LogP contribution is -2.37. The Bertz CT molecular complexity index is 355. The zero-order chi connectivity index (χ0) is 10.9. The highest BCUT2D eigenvalue weighted by Gasteiger charge is 2.26. The summed E-state index contributed by atoms with van der Waals surface area (Å²) < 4.78 is 13.4. The van der Waals surface area contributed by atoms with E-state index in [1.807, 2.05) is 0 Å². The van der Waals surface area contributed by atoms with Crippen LogP contribution in [0.3, 0.4) is 0 Å². The van der Waals surface area contributed by atoms with Crippen molar-refractivity contribution in [2.45, 2.75) is 12.5 Å². The number of benzene rings is 1. The maximum absolute atomic E-state index is 13.2. The van der Waals surface area contributed by atoms with Gasteiger partial charge in [0.25, 0.3) is 0 Å². The zero-order valence-electron chi connectivity index (χ0n) is 7.59. The van der Waals surface area contributed by atoms with Gasteiger partial charge in [-0.05, 0) is 28.9 Å². The van der Waals surface area contributed by atoms with Gasteiger partial charge in [-0.25, -0.2) is 4.39 Å². The van der Waals surface area contributed by atoms with E-state index in [1.54, 1.807) is 0 Å². The van der Waals surface area contributed by atoms with Crippen molar-refractivity contribution in [1.29, 1.82) is 0 Å². The number of aliphatic hydroxyl groups is 1. The Morgan fingerprint density at radius 1 is 1.57 bits per heavy atom. The van der Waals surface area contributed by atoms with E-state index in [4.69, 9.17) is 10.8 Å². The quantitative estimate of drug-likeness (QED) is 0.757. The molecular weight excluding hydrogens is 253 g/mol. The van der Waals surface area contributed by atoms with E-state index >= 15 is 0 Å². The molecule has 78 valence electrons. The van der Waals surface area contributed by atoms with Gasteiger partial charge in [-0.3, -0.25) is 0 Å². The second kappa shape index (κ2) is 3.84. The zero-order valence-corrected chi connectivity index (χ0v) is 9.18. The first-order chi connectivity index (χ1) is 6.40. The second-order valence-corrected chi connectivity index (χ2v) is 4.19. The molecule has 3 nitrogen and oxygen atoms in total. The fourth-order valence-electron chi connectivity index (χ4n) is 1.09. The smallest absolute Gasteiger partial charge is 0.179 e. The molecule has 0 amide bonds. The van der Waals surface area contributed by atoms with Crippen molar-refractivity contribution >= 4 is 15.9 Å². The van der Waals surface area contributed by atoms with Crippen LogP contribution in [0.15, 0.2) is 16.6 Å². The van der Waals surface area contributed by atoms with Crippen molar-refractivity contribution in [2.75, 3.05) is 6.61 Å². The molecular formula is C9H11BrFNO2. The van der Waals surface area contributed by atoms with E-state index in [1.165, 1.54) is 19.1 Å². The van der Waals surface area contributed by atoms with Crippen LogP contribution in [0.4, 0.5) is 4.39 Å². The summed E-state index contributed by atoms with van der Waals surface area (Å²) in [7, 11) is 0. The molecule has 4 N–H and O–H groups in total. The fraction of sp³-hybridized carbons (Fsp3) is 0.333. The van der Waals surface area contributed by atoms with Crippen molar-refractivity contribution < 1.29 is 14.6 Å². The van der Waals surface area contributed by atoms with Crippen LogP contribution in [-0.4, -0.2) is 16.8 Å². The van der Waals surface area contributed by atoms with Crippen molar-refractivity contribution in [3.8, 4) is 5.75 Å². The lowest BCUT2D eigenvalue weighted by atomic mass is 9.93. The molecule has 0 spiro atoms. The summed E-state index contributed by atoms with van der Waals surface area (Å²) in [5.41, 5.74) is 4.70. The second-order valence-electron chi connectivity index (χ2n) is 3.33. The van der Waals surface area contributed by atoms with Crippen LogP contribution < -0.4 is 5.73 Å². The number of rotatable bonds is 2. The predicted octanol–water partition coefficient (Wildman–Crippen LogP) is 1.46. The molecule has 0 saturated carbocycles. The van der Waals surface area contributed by atoms with Crippen molar-refractivity contribution in [3.05, 3.63) is 28.0 Å². The number of phenolic OH excluding ortho intramolecular Hbond substituents is 1. The Morgan fingerprint density at radius 2 is 2.14 bits per heavy atom. The standard InChI is InChI=1S/C9H11BrFNO2/c1-9(12,4-13)5-2-3-6(10)7(11)8(5)14/h2-3,13-14H,4,12H2,1H3/t9-/m1/s1. The number of hydrogen-bond donors (Lipinski definition) is 3. The van der Waals surface area contributed by atoms with E-state index in [0.29, 0.717) is 0 Å². The molecule has 0 saturated heterocycles. The van der Waals surface area contributed by atoms with Crippen LogP contribution in [-0.2, 0) is 5.54 Å². The molecule has 1 rings (SSSR count). The first kappa shape index (κ1) is 11.4. The Balaban J connectivity index is 3.31. The molecule has 1 aromatic rings. The average Bonchev–Trinajstić information content (AvgIpc) is 2.14. The molecule has 0 aliphatic rings. The first-order valence-corrected chi connectivity index (χ1v) is 4.76. The summed E-state index contributed by atoms with van der Waals surface area (Å²) in [6.07, 6.45) is 0. The van der Waals surface area contributed by atoms with Crippen LogP contribution in [0.2, 0.25) is 0 Å². The highest BCUT2D eigenvalue weighted by atomic mass is 79.9. The van der Waals surface area contributed by atoms with Gasteiger partial charge < -0.3 is 15.9 Å². The summed E-state index contributed by atoms with van der Waals surface area (Å²) in [5, 5.41) is 18.4. The van der Waals surface area contributed by atoms with Gasteiger partial charge >= 0.3 is 0 Å². The van der Waals surface area contributed by atoms with Gasteiger partial charge in [0.05, 0.1) is 16.6 Å². The highest BCUT2D eigenvalue weighted by molar-refractivity contribution is 9.10. The third-order valence-electron chi connectivity index (χ3n) is 2.01. The summed E-state index contributed by atoms with van der Waals surface area (Å²) in [6, 6.07) is 2.91. The maximum atomic E-state index is 13.2. The number of halogens is 2. The first-order valence-electron chi connectivity index (χ1n) is 3.97. The lowest BCUT2D eigenvalue weighted by molar-refractivity contribution is 0.206. The van der Waals surface area contributed by atoms with Crippen LogP contribution in [0.1, 0.15) is 12.5 Å².